The molecule has 0 aliphatic carbocycles. The van der Waals surface area contributed by atoms with Crippen LogP contribution in [0.4, 0.5) is 0 Å². The number of benzene rings is 1. The van der Waals surface area contributed by atoms with Crippen LogP contribution < -0.4 is 0 Å². The largest absolute Gasteiger partial charge is 0.198 e. The minimum absolute atomic E-state index is 0.529. The molecule has 0 atom stereocenters. The highest BCUT2D eigenvalue weighted by atomic mass is 32.2. The van der Waals surface area contributed by atoms with E-state index in [1.807, 2.05) is 0 Å². The third-order valence-corrected chi connectivity index (χ3v) is 4.00. The summed E-state index contributed by atoms with van der Waals surface area (Å²) in [5, 5.41) is 8.58. The van der Waals surface area contributed by atoms with Crippen molar-refractivity contribution in [2.45, 2.75) is 25.2 Å². The van der Waals surface area contributed by atoms with Gasteiger partial charge >= 0.3 is 0 Å². The van der Waals surface area contributed by atoms with E-state index in [0.717, 1.165) is 11.5 Å². The Hall–Kier alpha value is -0.940. The Kier molecular flexibility index (Phi) is 3.69. The third-order valence-electron chi connectivity index (χ3n) is 2.96. The van der Waals surface area contributed by atoms with Gasteiger partial charge in [-0.05, 0) is 41.4 Å². The molecule has 0 bridgehead atoms. The van der Waals surface area contributed by atoms with Gasteiger partial charge in [-0.1, -0.05) is 24.3 Å². The van der Waals surface area contributed by atoms with Gasteiger partial charge in [0.1, 0.15) is 0 Å². The third kappa shape index (κ3) is 2.76. The second kappa shape index (κ2) is 5.23. The number of nitriles is 1. The molecule has 1 aliphatic rings. The van der Waals surface area contributed by atoms with Crippen LogP contribution in [-0.2, 0) is 6.42 Å². The molecule has 1 heterocycles. The number of thioether (sulfide) groups is 1. The molecule has 0 radical (unpaired) electrons. The second-order valence-corrected chi connectivity index (χ2v) is 5.19. The summed E-state index contributed by atoms with van der Waals surface area (Å²) in [6.07, 6.45) is 3.14. The first-order valence-electron chi connectivity index (χ1n) is 5.43. The molecule has 15 heavy (non-hydrogen) atoms. The first-order chi connectivity index (χ1) is 7.40. The van der Waals surface area contributed by atoms with E-state index >= 15 is 0 Å². The molecule has 0 spiro atoms. The smallest absolute Gasteiger partial charge is 0.0669 e. The van der Waals surface area contributed by atoms with Crippen molar-refractivity contribution in [3.8, 4) is 6.07 Å². The van der Waals surface area contributed by atoms with Gasteiger partial charge in [0.15, 0.2) is 0 Å². The number of rotatable bonds is 2. The molecule has 0 amide bonds. The summed E-state index contributed by atoms with van der Waals surface area (Å²) < 4.78 is 0. The van der Waals surface area contributed by atoms with Crippen molar-refractivity contribution in [1.82, 2.24) is 0 Å². The molecule has 2 heteroatoms. The van der Waals surface area contributed by atoms with Gasteiger partial charge in [0.2, 0.25) is 0 Å². The number of hydrogen-bond donors (Lipinski definition) is 0. The van der Waals surface area contributed by atoms with Crippen LogP contribution in [0.15, 0.2) is 24.3 Å². The van der Waals surface area contributed by atoms with Crippen LogP contribution in [0.1, 0.15) is 29.9 Å². The van der Waals surface area contributed by atoms with E-state index in [9.17, 15) is 0 Å². The molecule has 0 aromatic heterocycles. The number of hydrogen-bond acceptors (Lipinski definition) is 2. The van der Waals surface area contributed by atoms with Crippen molar-refractivity contribution in [3.63, 3.8) is 0 Å². The molecule has 1 saturated heterocycles. The molecule has 1 nitrogen and oxygen atoms in total. The van der Waals surface area contributed by atoms with Gasteiger partial charge in [-0.15, -0.1) is 0 Å². The Morgan fingerprint density at radius 2 is 1.87 bits per heavy atom. The Morgan fingerprint density at radius 3 is 2.47 bits per heavy atom. The summed E-state index contributed by atoms with van der Waals surface area (Å²) in [5.74, 6) is 3.34. The summed E-state index contributed by atoms with van der Waals surface area (Å²) in [4.78, 5) is 0. The normalized spacial score (nSPS) is 17.3. The van der Waals surface area contributed by atoms with Gasteiger partial charge in [-0.2, -0.15) is 17.0 Å². The molecule has 1 aliphatic heterocycles. The lowest BCUT2D eigenvalue weighted by molar-refractivity contribution is 0.637. The Labute approximate surface area is 95.5 Å². The first-order valence-corrected chi connectivity index (χ1v) is 6.59. The zero-order valence-corrected chi connectivity index (χ0v) is 9.59. The fraction of sp³-hybridized carbons (Fsp3) is 0.462. The van der Waals surface area contributed by atoms with E-state index in [0.29, 0.717) is 6.42 Å². The average molecular weight is 217 g/mol. The van der Waals surface area contributed by atoms with Gasteiger partial charge in [0.05, 0.1) is 12.5 Å². The fourth-order valence-corrected chi connectivity index (χ4v) is 3.14. The van der Waals surface area contributed by atoms with Crippen molar-refractivity contribution in [2.75, 3.05) is 11.5 Å². The highest BCUT2D eigenvalue weighted by Gasteiger charge is 2.15. The molecular weight excluding hydrogens is 202 g/mol. The van der Waals surface area contributed by atoms with E-state index in [4.69, 9.17) is 5.26 Å². The van der Waals surface area contributed by atoms with Crippen LogP contribution in [0, 0.1) is 11.3 Å². The lowest BCUT2D eigenvalue weighted by Gasteiger charge is -2.21. The summed E-state index contributed by atoms with van der Waals surface area (Å²) in [6, 6.07) is 10.8. The predicted octanol–water partition coefficient (Wildman–Crippen LogP) is 3.36. The maximum atomic E-state index is 8.58. The van der Waals surface area contributed by atoms with E-state index in [1.165, 1.54) is 29.9 Å². The van der Waals surface area contributed by atoms with Crippen LogP contribution in [-0.4, -0.2) is 11.5 Å². The number of nitrogens with zero attached hydrogens (tertiary/aromatic N) is 1. The fourth-order valence-electron chi connectivity index (χ4n) is 2.03. The second-order valence-electron chi connectivity index (χ2n) is 3.96. The van der Waals surface area contributed by atoms with Crippen molar-refractivity contribution in [2.24, 2.45) is 0 Å². The first kappa shape index (κ1) is 10.6. The molecule has 78 valence electrons. The van der Waals surface area contributed by atoms with E-state index in [2.05, 4.69) is 42.1 Å². The molecular formula is C13H15NS. The molecule has 2 rings (SSSR count). The van der Waals surface area contributed by atoms with Gasteiger partial charge < -0.3 is 0 Å². The Bertz CT molecular complexity index is 344. The molecule has 1 fully saturated rings. The van der Waals surface area contributed by atoms with E-state index in [1.54, 1.807) is 0 Å². The van der Waals surface area contributed by atoms with Gasteiger partial charge in [0, 0.05) is 0 Å². The quantitative estimate of drug-likeness (QED) is 0.758. The van der Waals surface area contributed by atoms with Crippen LogP contribution in [0.25, 0.3) is 0 Å². The minimum atomic E-state index is 0.529. The van der Waals surface area contributed by atoms with Gasteiger partial charge in [-0.25, -0.2) is 0 Å². The predicted molar refractivity (Wildman–Crippen MR) is 65.1 cm³/mol. The zero-order chi connectivity index (χ0) is 10.5. The minimum Gasteiger partial charge on any atom is -0.198 e. The molecule has 0 unspecified atom stereocenters. The zero-order valence-electron chi connectivity index (χ0n) is 8.78. The summed E-state index contributed by atoms with van der Waals surface area (Å²) in [5.41, 5.74) is 2.59. The van der Waals surface area contributed by atoms with Crippen molar-refractivity contribution < 1.29 is 0 Å². The SMILES string of the molecule is N#CCc1ccc(C2CCSCC2)cc1. The monoisotopic (exact) mass is 217 g/mol. The maximum Gasteiger partial charge on any atom is 0.0669 e. The standard InChI is InChI=1S/C13H15NS/c14-8-5-11-1-3-12(4-2-11)13-6-9-15-10-7-13/h1-4,13H,5-7,9-10H2. The molecule has 0 N–H and O–H groups in total. The molecule has 0 saturated carbocycles. The van der Waals surface area contributed by atoms with E-state index < -0.39 is 0 Å². The summed E-state index contributed by atoms with van der Waals surface area (Å²) >= 11 is 2.06. The highest BCUT2D eigenvalue weighted by molar-refractivity contribution is 7.99. The van der Waals surface area contributed by atoms with Crippen molar-refractivity contribution in [3.05, 3.63) is 35.4 Å². The van der Waals surface area contributed by atoms with Crippen LogP contribution in [0.2, 0.25) is 0 Å². The Morgan fingerprint density at radius 1 is 1.20 bits per heavy atom. The van der Waals surface area contributed by atoms with Crippen molar-refractivity contribution in [1.29, 1.82) is 5.26 Å². The molecule has 1 aromatic rings. The Balaban J connectivity index is 2.05. The lowest BCUT2D eigenvalue weighted by Crippen LogP contribution is -2.07. The van der Waals surface area contributed by atoms with Crippen LogP contribution in [0.3, 0.4) is 0 Å². The maximum absolute atomic E-state index is 8.58. The van der Waals surface area contributed by atoms with Gasteiger partial charge in [0.25, 0.3) is 0 Å². The summed E-state index contributed by atoms with van der Waals surface area (Å²) in [6.45, 7) is 0. The van der Waals surface area contributed by atoms with E-state index in [-0.39, 0.29) is 0 Å². The van der Waals surface area contributed by atoms with Crippen LogP contribution in [0.5, 0.6) is 0 Å². The lowest BCUT2D eigenvalue weighted by atomic mass is 9.92. The summed E-state index contributed by atoms with van der Waals surface area (Å²) in [7, 11) is 0. The topological polar surface area (TPSA) is 23.8 Å². The molecule has 1 aromatic carbocycles. The average Bonchev–Trinajstić information content (AvgIpc) is 2.32. The highest BCUT2D eigenvalue weighted by Crippen LogP contribution is 2.31. The van der Waals surface area contributed by atoms with Crippen LogP contribution >= 0.6 is 11.8 Å². The van der Waals surface area contributed by atoms with Crippen molar-refractivity contribution >= 4 is 11.8 Å². The van der Waals surface area contributed by atoms with Gasteiger partial charge in [-0.3, -0.25) is 0 Å².